The number of fused-ring (bicyclic) bond motifs is 1. The molecule has 0 aliphatic rings. The summed E-state index contributed by atoms with van der Waals surface area (Å²) < 4.78 is 1.85. The van der Waals surface area contributed by atoms with E-state index in [-0.39, 0.29) is 12.0 Å². The molecule has 0 bridgehead atoms. The van der Waals surface area contributed by atoms with E-state index in [9.17, 15) is 9.59 Å². The number of para-hydroxylation sites is 1. The number of carbonyl (C=O) groups is 2. The molecule has 0 saturated heterocycles. The van der Waals surface area contributed by atoms with Crippen LogP contribution in [0.1, 0.15) is 29.5 Å². The number of nitrogens with zero attached hydrogens (tertiary/aromatic N) is 2. The van der Waals surface area contributed by atoms with Gasteiger partial charge >= 0.3 is 5.97 Å². The number of nitrogens with two attached hydrogens (primary N) is 1. The maximum Gasteiger partial charge on any atom is 0.337 e. The number of aryl methyl sites for hydroxylation is 2. The van der Waals surface area contributed by atoms with Crippen LogP contribution in [0.4, 0.5) is 0 Å². The smallest absolute Gasteiger partial charge is 0.337 e. The van der Waals surface area contributed by atoms with Crippen molar-refractivity contribution < 1.29 is 14.7 Å². The number of rotatable bonds is 5. The zero-order chi connectivity index (χ0) is 14.0. The Hall–Kier alpha value is -2.37. The van der Waals surface area contributed by atoms with Gasteiger partial charge in [-0.3, -0.25) is 4.79 Å². The normalized spacial score (nSPS) is 10.8. The highest BCUT2D eigenvalue weighted by Gasteiger charge is 2.16. The lowest BCUT2D eigenvalue weighted by atomic mass is 10.2. The van der Waals surface area contributed by atoms with E-state index in [1.54, 1.807) is 12.1 Å². The average molecular weight is 261 g/mol. The summed E-state index contributed by atoms with van der Waals surface area (Å²) in [6, 6.07) is 5.00. The second kappa shape index (κ2) is 5.09. The van der Waals surface area contributed by atoms with Crippen LogP contribution in [0.2, 0.25) is 0 Å². The van der Waals surface area contributed by atoms with Crippen molar-refractivity contribution in [3.8, 4) is 0 Å². The molecule has 0 spiro atoms. The van der Waals surface area contributed by atoms with E-state index in [2.05, 4.69) is 4.98 Å². The van der Waals surface area contributed by atoms with Gasteiger partial charge in [0.1, 0.15) is 11.3 Å². The molecule has 0 aliphatic carbocycles. The highest BCUT2D eigenvalue weighted by atomic mass is 16.4. The molecule has 1 aromatic carbocycles. The number of imidazole rings is 1. The van der Waals surface area contributed by atoms with Crippen molar-refractivity contribution in [2.24, 2.45) is 5.73 Å². The molecule has 0 saturated carbocycles. The number of hydrogen-bond acceptors (Lipinski definition) is 3. The molecule has 19 heavy (non-hydrogen) atoms. The van der Waals surface area contributed by atoms with E-state index >= 15 is 0 Å². The van der Waals surface area contributed by atoms with E-state index in [0.717, 1.165) is 11.3 Å². The maximum absolute atomic E-state index is 11.2. The van der Waals surface area contributed by atoms with Gasteiger partial charge < -0.3 is 15.4 Å². The average Bonchev–Trinajstić information content (AvgIpc) is 2.73. The van der Waals surface area contributed by atoms with Crippen molar-refractivity contribution in [3.05, 3.63) is 29.6 Å². The fraction of sp³-hybridized carbons (Fsp3) is 0.308. The minimum absolute atomic E-state index is 0.171. The summed E-state index contributed by atoms with van der Waals surface area (Å²) >= 11 is 0. The van der Waals surface area contributed by atoms with Crippen LogP contribution >= 0.6 is 0 Å². The first-order valence-electron chi connectivity index (χ1n) is 6.04. The number of amides is 1. The Morgan fingerprint density at radius 2 is 2.16 bits per heavy atom. The summed E-state index contributed by atoms with van der Waals surface area (Å²) in [5, 5.41) is 9.15. The van der Waals surface area contributed by atoms with E-state index in [1.165, 1.54) is 6.07 Å². The Kier molecular flexibility index (Phi) is 3.50. The molecule has 2 aromatic rings. The molecule has 0 unspecified atom stereocenters. The fourth-order valence-electron chi connectivity index (χ4n) is 2.11. The van der Waals surface area contributed by atoms with Crippen molar-refractivity contribution >= 4 is 22.9 Å². The summed E-state index contributed by atoms with van der Waals surface area (Å²) in [6.45, 7) is 2.35. The van der Waals surface area contributed by atoms with Crippen LogP contribution < -0.4 is 5.73 Å². The summed E-state index contributed by atoms with van der Waals surface area (Å²) in [5.41, 5.74) is 6.50. The number of carboxylic acid groups (broad SMARTS) is 1. The molecule has 0 aliphatic heterocycles. The van der Waals surface area contributed by atoms with Gasteiger partial charge in [0.2, 0.25) is 5.91 Å². The van der Waals surface area contributed by atoms with Crippen LogP contribution in [0.25, 0.3) is 11.0 Å². The summed E-state index contributed by atoms with van der Waals surface area (Å²) in [6.07, 6.45) is 0.863. The third-order valence-electron chi connectivity index (χ3n) is 2.99. The van der Waals surface area contributed by atoms with Gasteiger partial charge in [-0.15, -0.1) is 0 Å². The lowest BCUT2D eigenvalue weighted by Gasteiger charge is -2.06. The molecule has 6 heteroatoms. The van der Waals surface area contributed by atoms with Crippen LogP contribution in [0, 0.1) is 0 Å². The SMILES string of the molecule is CCc1nc2c(C(=O)O)cccc2n1CCC(N)=O. The Morgan fingerprint density at radius 3 is 2.74 bits per heavy atom. The first-order chi connectivity index (χ1) is 9.04. The van der Waals surface area contributed by atoms with Crippen LogP contribution in [-0.2, 0) is 17.8 Å². The zero-order valence-electron chi connectivity index (χ0n) is 10.6. The highest BCUT2D eigenvalue weighted by Crippen LogP contribution is 2.21. The van der Waals surface area contributed by atoms with Crippen molar-refractivity contribution in [2.75, 3.05) is 0 Å². The molecule has 0 radical (unpaired) electrons. The number of carbonyl (C=O) groups excluding carboxylic acids is 1. The topological polar surface area (TPSA) is 98.2 Å². The third kappa shape index (κ3) is 2.42. The molecule has 6 nitrogen and oxygen atoms in total. The first kappa shape index (κ1) is 13.1. The summed E-state index contributed by atoms with van der Waals surface area (Å²) in [7, 11) is 0. The fourth-order valence-corrected chi connectivity index (χ4v) is 2.11. The van der Waals surface area contributed by atoms with E-state index in [1.807, 2.05) is 11.5 Å². The van der Waals surface area contributed by atoms with Crippen molar-refractivity contribution in [1.82, 2.24) is 9.55 Å². The van der Waals surface area contributed by atoms with E-state index in [4.69, 9.17) is 10.8 Å². The molecule has 100 valence electrons. The van der Waals surface area contributed by atoms with Crippen LogP contribution in [0.15, 0.2) is 18.2 Å². The van der Waals surface area contributed by atoms with Gasteiger partial charge in [0, 0.05) is 19.4 Å². The van der Waals surface area contributed by atoms with Gasteiger partial charge in [0.15, 0.2) is 0 Å². The molecule has 2 rings (SSSR count). The summed E-state index contributed by atoms with van der Waals surface area (Å²) in [5.74, 6) is -0.643. The van der Waals surface area contributed by atoms with E-state index in [0.29, 0.717) is 18.5 Å². The van der Waals surface area contributed by atoms with Gasteiger partial charge in [-0.2, -0.15) is 0 Å². The third-order valence-corrected chi connectivity index (χ3v) is 2.99. The van der Waals surface area contributed by atoms with Gasteiger partial charge in [0.25, 0.3) is 0 Å². The first-order valence-corrected chi connectivity index (χ1v) is 6.04. The Balaban J connectivity index is 2.58. The van der Waals surface area contributed by atoms with Crippen LogP contribution in [-0.4, -0.2) is 26.5 Å². The van der Waals surface area contributed by atoms with Crippen molar-refractivity contribution in [2.45, 2.75) is 26.3 Å². The van der Waals surface area contributed by atoms with Gasteiger partial charge in [-0.1, -0.05) is 13.0 Å². The minimum Gasteiger partial charge on any atom is -0.478 e. The number of aromatic nitrogens is 2. The number of aromatic carboxylic acids is 1. The Bertz CT molecular complexity index is 646. The second-order valence-corrected chi connectivity index (χ2v) is 4.23. The van der Waals surface area contributed by atoms with Crippen molar-refractivity contribution in [1.29, 1.82) is 0 Å². The number of carboxylic acids is 1. The largest absolute Gasteiger partial charge is 0.478 e. The number of benzene rings is 1. The molecule has 1 heterocycles. The number of primary amides is 1. The predicted molar refractivity (Wildman–Crippen MR) is 69.9 cm³/mol. The second-order valence-electron chi connectivity index (χ2n) is 4.23. The van der Waals surface area contributed by atoms with Gasteiger partial charge in [0.05, 0.1) is 11.1 Å². The Labute approximate surface area is 109 Å². The zero-order valence-corrected chi connectivity index (χ0v) is 10.6. The number of hydrogen-bond donors (Lipinski definition) is 2. The maximum atomic E-state index is 11.2. The molecule has 3 N–H and O–H groups in total. The summed E-state index contributed by atoms with van der Waals surface area (Å²) in [4.78, 5) is 26.4. The molecule has 0 fully saturated rings. The Morgan fingerprint density at radius 1 is 1.42 bits per heavy atom. The molecule has 1 aromatic heterocycles. The van der Waals surface area contributed by atoms with Crippen molar-refractivity contribution in [3.63, 3.8) is 0 Å². The van der Waals surface area contributed by atoms with Gasteiger partial charge in [-0.05, 0) is 12.1 Å². The molecular formula is C13H15N3O3. The predicted octanol–water partition coefficient (Wildman–Crippen LogP) is 1.17. The van der Waals surface area contributed by atoms with E-state index < -0.39 is 11.9 Å². The molecular weight excluding hydrogens is 246 g/mol. The quantitative estimate of drug-likeness (QED) is 0.844. The van der Waals surface area contributed by atoms with Gasteiger partial charge in [-0.25, -0.2) is 9.78 Å². The molecule has 1 amide bonds. The minimum atomic E-state index is -1.01. The highest BCUT2D eigenvalue weighted by molar-refractivity contribution is 6.01. The van der Waals surface area contributed by atoms with Crippen LogP contribution in [0.5, 0.6) is 0 Å². The monoisotopic (exact) mass is 261 g/mol. The lowest BCUT2D eigenvalue weighted by Crippen LogP contribution is -2.15. The standard InChI is InChI=1S/C13H15N3O3/c1-2-11-15-12-8(13(18)19)4-3-5-9(12)16(11)7-6-10(14)17/h3-5H,2,6-7H2,1H3,(H2,14,17)(H,18,19). The van der Waals surface area contributed by atoms with Crippen LogP contribution in [0.3, 0.4) is 0 Å². The molecule has 0 atom stereocenters. The lowest BCUT2D eigenvalue weighted by molar-refractivity contribution is -0.118.